The van der Waals surface area contributed by atoms with Gasteiger partial charge in [0.2, 0.25) is 0 Å². The van der Waals surface area contributed by atoms with Crippen LogP contribution in [0.5, 0.6) is 0 Å². The van der Waals surface area contributed by atoms with Gasteiger partial charge < -0.3 is 4.98 Å². The number of rotatable bonds is 4. The summed E-state index contributed by atoms with van der Waals surface area (Å²) >= 11 is 0. The molecule has 1 saturated heterocycles. The van der Waals surface area contributed by atoms with Crippen LogP contribution < -0.4 is 0 Å². The van der Waals surface area contributed by atoms with E-state index in [9.17, 15) is 0 Å². The fraction of sp³-hybridized carbons (Fsp3) is 0.343. The largest absolute Gasteiger partial charge is 0.346 e. The number of fused-ring (bicyclic) bond motifs is 2. The van der Waals surface area contributed by atoms with Gasteiger partial charge in [-0.25, -0.2) is 4.98 Å². The molecule has 2 aromatic carbocycles. The Bertz CT molecular complexity index is 1680. The van der Waals surface area contributed by atoms with E-state index in [0.29, 0.717) is 11.6 Å². The fourth-order valence-electron chi connectivity index (χ4n) is 7.12. The van der Waals surface area contributed by atoms with E-state index in [0.717, 1.165) is 45.4 Å². The number of aryl methyl sites for hydroxylation is 3. The summed E-state index contributed by atoms with van der Waals surface area (Å²) in [5.74, 6) is 0. The van der Waals surface area contributed by atoms with Crippen LogP contribution in [0.25, 0.3) is 44.5 Å². The molecule has 0 radical (unpaired) electrons. The third-order valence-corrected chi connectivity index (χ3v) is 9.57. The van der Waals surface area contributed by atoms with Crippen LogP contribution in [0.2, 0.25) is 0 Å². The number of hydrogen-bond donors (Lipinski definition) is 1. The molecule has 0 bridgehead atoms. The second kappa shape index (κ2) is 9.97. The molecule has 3 aromatic heterocycles. The van der Waals surface area contributed by atoms with Gasteiger partial charge in [0.15, 0.2) is 0 Å². The highest BCUT2D eigenvalue weighted by molar-refractivity contribution is 5.96. The first kappa shape index (κ1) is 25.2. The average molecular weight is 528 g/mol. The molecule has 1 aliphatic carbocycles. The first-order valence-corrected chi connectivity index (χ1v) is 14.7. The average Bonchev–Trinajstić information content (AvgIpc) is 3.57. The Kier molecular flexibility index (Phi) is 6.27. The molecule has 1 fully saturated rings. The first-order chi connectivity index (χ1) is 19.5. The Labute approximate surface area is 236 Å². The van der Waals surface area contributed by atoms with Crippen molar-refractivity contribution in [1.29, 1.82) is 0 Å². The number of hydrogen-bond acceptors (Lipinski definition) is 4. The lowest BCUT2D eigenvalue weighted by Gasteiger charge is -2.41. The molecular formula is C35H37N5. The molecule has 5 nitrogen and oxygen atoms in total. The van der Waals surface area contributed by atoms with Gasteiger partial charge in [0.1, 0.15) is 5.65 Å². The maximum absolute atomic E-state index is 4.81. The minimum absolute atomic E-state index is 0.303. The van der Waals surface area contributed by atoms with Crippen molar-refractivity contribution in [1.82, 2.24) is 25.1 Å². The van der Waals surface area contributed by atoms with Gasteiger partial charge in [0, 0.05) is 52.2 Å². The molecule has 0 unspecified atom stereocenters. The number of nitrogens with zero attached hydrogens (tertiary/aromatic N) is 4. The Balaban J connectivity index is 1.17. The third-order valence-electron chi connectivity index (χ3n) is 9.57. The molecular weight excluding hydrogens is 490 g/mol. The van der Waals surface area contributed by atoms with Crippen molar-refractivity contribution in [3.8, 4) is 33.5 Å². The summed E-state index contributed by atoms with van der Waals surface area (Å²) < 4.78 is 0. The van der Waals surface area contributed by atoms with Gasteiger partial charge in [0.05, 0.1) is 5.69 Å². The summed E-state index contributed by atoms with van der Waals surface area (Å²) in [7, 11) is 0. The van der Waals surface area contributed by atoms with Crippen molar-refractivity contribution in [2.45, 2.75) is 70.9 Å². The lowest BCUT2D eigenvalue weighted by molar-refractivity contribution is 0.0821. The number of aromatic amines is 1. The van der Waals surface area contributed by atoms with Crippen molar-refractivity contribution in [2.24, 2.45) is 0 Å². The smallest absolute Gasteiger partial charge is 0.137 e. The van der Waals surface area contributed by atoms with Gasteiger partial charge in [-0.3, -0.25) is 4.90 Å². The zero-order chi connectivity index (χ0) is 27.3. The maximum atomic E-state index is 4.81. The molecule has 5 heteroatoms. The zero-order valence-corrected chi connectivity index (χ0v) is 23.7. The van der Waals surface area contributed by atoms with Crippen molar-refractivity contribution in [2.75, 3.05) is 6.54 Å². The fourth-order valence-corrected chi connectivity index (χ4v) is 7.12. The zero-order valence-electron chi connectivity index (χ0n) is 23.7. The van der Waals surface area contributed by atoms with Gasteiger partial charge in [-0.1, -0.05) is 42.5 Å². The van der Waals surface area contributed by atoms with Crippen molar-refractivity contribution in [3.63, 3.8) is 0 Å². The minimum Gasteiger partial charge on any atom is -0.346 e. The van der Waals surface area contributed by atoms with E-state index in [2.05, 4.69) is 95.6 Å². The molecule has 2 atom stereocenters. The van der Waals surface area contributed by atoms with Gasteiger partial charge >= 0.3 is 0 Å². The summed E-state index contributed by atoms with van der Waals surface area (Å²) in [6.45, 7) is 8.25. The normalized spacial score (nSPS) is 21.4. The highest BCUT2D eigenvalue weighted by Crippen LogP contribution is 2.38. The van der Waals surface area contributed by atoms with E-state index < -0.39 is 0 Å². The molecule has 1 aliphatic heterocycles. The number of benzene rings is 2. The van der Waals surface area contributed by atoms with Crippen LogP contribution in [0.15, 0.2) is 73.2 Å². The number of aromatic nitrogens is 4. The summed E-state index contributed by atoms with van der Waals surface area (Å²) in [5.41, 5.74) is 12.1. The second-order valence-corrected chi connectivity index (χ2v) is 12.1. The summed E-state index contributed by atoms with van der Waals surface area (Å²) in [6.07, 6.45) is 13.3. The monoisotopic (exact) mass is 527 g/mol. The standard InChI is InChI=1S/C35H37N5/c1-23-14-17-38-39-33(23)27-9-7-26(8-10-27)32-22-37-34-31(32)20-30(21-36-34)28-11-6-25-12-15-35(3,16-13-29(25)19-28)40-18-4-5-24(40)2/h6-11,14,17,19-22,24H,4-5,12-13,15-16,18H2,1-3H3,(H,36,37)/t24-,35+/m1/s1. The van der Waals surface area contributed by atoms with Crippen LogP contribution in [-0.4, -0.2) is 43.2 Å². The number of nitrogens with one attached hydrogen (secondary N) is 1. The molecule has 202 valence electrons. The molecule has 5 aromatic rings. The maximum Gasteiger partial charge on any atom is 0.137 e. The van der Waals surface area contributed by atoms with Crippen LogP contribution in [-0.2, 0) is 12.8 Å². The van der Waals surface area contributed by atoms with Crippen molar-refractivity contribution < 1.29 is 0 Å². The number of likely N-dealkylation sites (tertiary alicyclic amines) is 1. The molecule has 2 aliphatic rings. The summed E-state index contributed by atoms with van der Waals surface area (Å²) in [4.78, 5) is 11.0. The predicted molar refractivity (Wildman–Crippen MR) is 163 cm³/mol. The van der Waals surface area contributed by atoms with Gasteiger partial charge in [0.25, 0.3) is 0 Å². The molecule has 1 N–H and O–H groups in total. The molecule has 0 amide bonds. The topological polar surface area (TPSA) is 57.7 Å². The lowest BCUT2D eigenvalue weighted by Crippen LogP contribution is -2.48. The first-order valence-electron chi connectivity index (χ1n) is 14.7. The highest BCUT2D eigenvalue weighted by atomic mass is 15.2. The van der Waals surface area contributed by atoms with Gasteiger partial charge in [-0.05, 0) is 106 Å². The minimum atomic E-state index is 0.303. The van der Waals surface area contributed by atoms with Crippen LogP contribution in [0.1, 0.15) is 56.2 Å². The van der Waals surface area contributed by atoms with Crippen LogP contribution in [0.3, 0.4) is 0 Å². The molecule has 0 saturated carbocycles. The van der Waals surface area contributed by atoms with Gasteiger partial charge in [-0.15, -0.1) is 0 Å². The van der Waals surface area contributed by atoms with Crippen LogP contribution in [0.4, 0.5) is 0 Å². The van der Waals surface area contributed by atoms with E-state index in [4.69, 9.17) is 4.98 Å². The van der Waals surface area contributed by atoms with Crippen LogP contribution in [0, 0.1) is 6.92 Å². The Morgan fingerprint density at radius 1 is 0.900 bits per heavy atom. The number of pyridine rings is 1. The highest BCUT2D eigenvalue weighted by Gasteiger charge is 2.38. The second-order valence-electron chi connectivity index (χ2n) is 12.1. The van der Waals surface area contributed by atoms with E-state index in [1.807, 2.05) is 12.3 Å². The van der Waals surface area contributed by atoms with Crippen molar-refractivity contribution in [3.05, 3.63) is 89.9 Å². The summed E-state index contributed by atoms with van der Waals surface area (Å²) in [5, 5.41) is 9.55. The van der Waals surface area contributed by atoms with Crippen molar-refractivity contribution >= 4 is 11.0 Å². The molecule has 0 spiro atoms. The molecule has 40 heavy (non-hydrogen) atoms. The van der Waals surface area contributed by atoms with E-state index >= 15 is 0 Å². The SMILES string of the molecule is Cc1ccnnc1-c1ccc(-c2c[nH]c3ncc(-c4ccc5c(c4)CC[C@@](C)(N4CCC[C@H]4C)CC5)cc23)cc1. The lowest BCUT2D eigenvalue weighted by atomic mass is 9.89. The quantitative estimate of drug-likeness (QED) is 0.242. The van der Waals surface area contributed by atoms with Crippen LogP contribution >= 0.6 is 0 Å². The summed E-state index contributed by atoms with van der Waals surface area (Å²) in [6, 6.07) is 20.7. The van der Waals surface area contributed by atoms with E-state index in [1.165, 1.54) is 60.9 Å². The van der Waals surface area contributed by atoms with Gasteiger partial charge in [-0.2, -0.15) is 10.2 Å². The van der Waals surface area contributed by atoms with E-state index in [1.54, 1.807) is 6.20 Å². The predicted octanol–water partition coefficient (Wildman–Crippen LogP) is 7.78. The number of H-pyrrole nitrogens is 1. The molecule has 7 rings (SSSR count). The Morgan fingerprint density at radius 3 is 2.45 bits per heavy atom. The Morgan fingerprint density at radius 2 is 1.68 bits per heavy atom. The third kappa shape index (κ3) is 4.43. The molecule has 4 heterocycles. The van der Waals surface area contributed by atoms with E-state index in [-0.39, 0.29) is 0 Å². The Hall–Kier alpha value is -3.83.